The molecule has 2 aromatic heterocycles. The van der Waals surface area contributed by atoms with Crippen molar-refractivity contribution in [3.8, 4) is 11.5 Å². The van der Waals surface area contributed by atoms with Crippen LogP contribution in [0.5, 0.6) is 0 Å². The van der Waals surface area contributed by atoms with Gasteiger partial charge in [-0.05, 0) is 25.2 Å². The number of nitrogens with zero attached hydrogens (tertiary/aromatic N) is 5. The summed E-state index contributed by atoms with van der Waals surface area (Å²) in [4.78, 5) is 27.2. The van der Waals surface area contributed by atoms with Crippen LogP contribution in [-0.4, -0.2) is 57.2 Å². The smallest absolute Gasteiger partial charge is 0.228 e. The first-order valence-electron chi connectivity index (χ1n) is 8.75. The first-order valence-corrected chi connectivity index (χ1v) is 8.75. The molecule has 25 heavy (non-hydrogen) atoms. The summed E-state index contributed by atoms with van der Waals surface area (Å²) in [7, 11) is 0. The highest BCUT2D eigenvalue weighted by Crippen LogP contribution is 2.24. The maximum absolute atomic E-state index is 12.6. The summed E-state index contributed by atoms with van der Waals surface area (Å²) in [6.07, 6.45) is 8.40. The summed E-state index contributed by atoms with van der Waals surface area (Å²) >= 11 is 0. The van der Waals surface area contributed by atoms with Gasteiger partial charge in [-0.25, -0.2) is 4.98 Å². The molecule has 8 nitrogen and oxygen atoms in total. The fourth-order valence-corrected chi connectivity index (χ4v) is 3.52. The fourth-order valence-electron chi connectivity index (χ4n) is 3.52. The molecule has 2 fully saturated rings. The lowest BCUT2D eigenvalue weighted by Gasteiger charge is -2.33. The second-order valence-electron chi connectivity index (χ2n) is 6.66. The Morgan fingerprint density at radius 2 is 2.28 bits per heavy atom. The van der Waals surface area contributed by atoms with Crippen LogP contribution in [0.2, 0.25) is 0 Å². The van der Waals surface area contributed by atoms with Gasteiger partial charge in [0.25, 0.3) is 0 Å². The standard InChI is InChI=1S/C17H21N5O3/c23-17(13-3-7-24-11-13)22-6-1-2-12(10-22)8-15-20-16(21-25-15)14-9-18-4-5-19-14/h4-5,9,12-13H,1-3,6-8,10-11H2/t12-,13+/m1/s1. The summed E-state index contributed by atoms with van der Waals surface area (Å²) in [5.41, 5.74) is 0.596. The van der Waals surface area contributed by atoms with Gasteiger partial charge in [0.2, 0.25) is 17.6 Å². The zero-order valence-electron chi connectivity index (χ0n) is 14.0. The van der Waals surface area contributed by atoms with Crippen molar-refractivity contribution < 1.29 is 14.1 Å². The molecule has 4 heterocycles. The summed E-state index contributed by atoms with van der Waals surface area (Å²) in [5.74, 6) is 1.65. The van der Waals surface area contributed by atoms with E-state index >= 15 is 0 Å². The van der Waals surface area contributed by atoms with Crippen molar-refractivity contribution in [3.63, 3.8) is 0 Å². The van der Waals surface area contributed by atoms with Gasteiger partial charge in [0.1, 0.15) is 5.69 Å². The molecule has 0 radical (unpaired) electrons. The Bertz CT molecular complexity index is 714. The Hall–Kier alpha value is -2.35. The van der Waals surface area contributed by atoms with E-state index in [4.69, 9.17) is 9.26 Å². The molecule has 2 atom stereocenters. The van der Waals surface area contributed by atoms with Gasteiger partial charge in [0, 0.05) is 38.5 Å². The van der Waals surface area contributed by atoms with Crippen LogP contribution in [0.3, 0.4) is 0 Å². The SMILES string of the molecule is O=C([C@H]1CCOC1)N1CCC[C@H](Cc2nc(-c3cnccn3)no2)C1. The monoisotopic (exact) mass is 343 g/mol. The maximum Gasteiger partial charge on any atom is 0.228 e. The van der Waals surface area contributed by atoms with Gasteiger partial charge in [-0.2, -0.15) is 4.98 Å². The molecule has 2 aliphatic heterocycles. The van der Waals surface area contributed by atoms with Crippen molar-refractivity contribution >= 4 is 5.91 Å². The minimum Gasteiger partial charge on any atom is -0.381 e. The van der Waals surface area contributed by atoms with Gasteiger partial charge in [0.05, 0.1) is 18.7 Å². The third-order valence-electron chi connectivity index (χ3n) is 4.83. The van der Waals surface area contributed by atoms with E-state index in [1.807, 2.05) is 4.90 Å². The van der Waals surface area contributed by atoms with Crippen molar-refractivity contribution in [1.82, 2.24) is 25.0 Å². The minimum atomic E-state index is 0.0328. The summed E-state index contributed by atoms with van der Waals surface area (Å²) < 4.78 is 10.7. The first-order chi connectivity index (χ1) is 12.3. The lowest BCUT2D eigenvalue weighted by atomic mass is 9.93. The topological polar surface area (TPSA) is 94.2 Å². The van der Waals surface area contributed by atoms with Gasteiger partial charge < -0.3 is 14.2 Å². The summed E-state index contributed by atoms with van der Waals surface area (Å²) in [6.45, 7) is 2.84. The quantitative estimate of drug-likeness (QED) is 0.827. The number of piperidine rings is 1. The van der Waals surface area contributed by atoms with E-state index in [9.17, 15) is 4.79 Å². The van der Waals surface area contributed by atoms with Crippen molar-refractivity contribution in [2.45, 2.75) is 25.7 Å². The fraction of sp³-hybridized carbons (Fsp3) is 0.588. The molecule has 0 saturated carbocycles. The minimum absolute atomic E-state index is 0.0328. The predicted molar refractivity (Wildman–Crippen MR) is 87.3 cm³/mol. The molecule has 0 aliphatic carbocycles. The Labute approximate surface area is 145 Å². The lowest BCUT2D eigenvalue weighted by molar-refractivity contribution is -0.137. The molecule has 2 aliphatic rings. The van der Waals surface area contributed by atoms with Gasteiger partial charge in [-0.3, -0.25) is 9.78 Å². The largest absolute Gasteiger partial charge is 0.381 e. The second-order valence-corrected chi connectivity index (χ2v) is 6.66. The maximum atomic E-state index is 12.6. The Morgan fingerprint density at radius 3 is 3.08 bits per heavy atom. The molecule has 1 amide bonds. The number of amides is 1. The molecule has 0 N–H and O–H groups in total. The number of ether oxygens (including phenoxy) is 1. The molecule has 0 unspecified atom stereocenters. The molecular formula is C17H21N5O3. The van der Waals surface area contributed by atoms with Gasteiger partial charge >= 0.3 is 0 Å². The van der Waals surface area contributed by atoms with Crippen LogP contribution in [0.15, 0.2) is 23.1 Å². The van der Waals surface area contributed by atoms with Gasteiger partial charge in [0.15, 0.2) is 0 Å². The van der Waals surface area contributed by atoms with Crippen LogP contribution >= 0.6 is 0 Å². The van der Waals surface area contributed by atoms with E-state index < -0.39 is 0 Å². The molecule has 0 spiro atoms. The van der Waals surface area contributed by atoms with Gasteiger partial charge in [-0.1, -0.05) is 5.16 Å². The van der Waals surface area contributed by atoms with E-state index in [2.05, 4.69) is 20.1 Å². The van der Waals surface area contributed by atoms with E-state index in [1.165, 1.54) is 0 Å². The third-order valence-corrected chi connectivity index (χ3v) is 4.83. The highest BCUT2D eigenvalue weighted by atomic mass is 16.5. The zero-order chi connectivity index (χ0) is 17.1. The third kappa shape index (κ3) is 3.68. The second kappa shape index (κ2) is 7.26. The van der Waals surface area contributed by atoms with Crippen molar-refractivity contribution in [3.05, 3.63) is 24.5 Å². The van der Waals surface area contributed by atoms with Crippen LogP contribution in [-0.2, 0) is 16.0 Å². The average Bonchev–Trinajstić information content (AvgIpc) is 3.34. The first kappa shape index (κ1) is 16.1. The summed E-state index contributed by atoms with van der Waals surface area (Å²) in [6, 6.07) is 0. The molecule has 0 bridgehead atoms. The number of carbonyl (C=O) groups excluding carboxylic acids is 1. The number of carbonyl (C=O) groups is 1. The van der Waals surface area contributed by atoms with Crippen molar-refractivity contribution in [2.75, 3.05) is 26.3 Å². The van der Waals surface area contributed by atoms with E-state index in [1.54, 1.807) is 18.6 Å². The molecule has 2 saturated heterocycles. The van der Waals surface area contributed by atoms with Crippen LogP contribution in [0, 0.1) is 11.8 Å². The molecule has 8 heteroatoms. The van der Waals surface area contributed by atoms with Crippen molar-refractivity contribution in [1.29, 1.82) is 0 Å². The molecule has 2 aromatic rings. The normalized spacial score (nSPS) is 23.8. The van der Waals surface area contributed by atoms with Gasteiger partial charge in [-0.15, -0.1) is 0 Å². The number of aromatic nitrogens is 4. The van der Waals surface area contributed by atoms with E-state index in [0.29, 0.717) is 43.0 Å². The zero-order valence-corrected chi connectivity index (χ0v) is 14.0. The number of hydrogen-bond donors (Lipinski definition) is 0. The number of likely N-dealkylation sites (tertiary alicyclic amines) is 1. The van der Waals surface area contributed by atoms with E-state index in [-0.39, 0.29) is 11.8 Å². The average molecular weight is 343 g/mol. The Morgan fingerprint density at radius 1 is 1.32 bits per heavy atom. The predicted octanol–water partition coefficient (Wildman–Crippen LogP) is 1.34. The molecule has 132 valence electrons. The lowest BCUT2D eigenvalue weighted by Crippen LogP contribution is -2.43. The highest BCUT2D eigenvalue weighted by Gasteiger charge is 2.31. The van der Waals surface area contributed by atoms with Crippen LogP contribution < -0.4 is 0 Å². The number of rotatable bonds is 4. The molecule has 4 rings (SSSR count). The van der Waals surface area contributed by atoms with Crippen LogP contribution in [0.1, 0.15) is 25.2 Å². The summed E-state index contributed by atoms with van der Waals surface area (Å²) in [5, 5.41) is 3.98. The Balaban J connectivity index is 1.37. The van der Waals surface area contributed by atoms with Crippen molar-refractivity contribution in [2.24, 2.45) is 11.8 Å². The Kier molecular flexibility index (Phi) is 4.69. The van der Waals surface area contributed by atoms with Crippen LogP contribution in [0.4, 0.5) is 0 Å². The molecular weight excluding hydrogens is 322 g/mol. The highest BCUT2D eigenvalue weighted by molar-refractivity contribution is 5.79. The van der Waals surface area contributed by atoms with Crippen LogP contribution in [0.25, 0.3) is 11.5 Å². The van der Waals surface area contributed by atoms with E-state index in [0.717, 1.165) is 32.4 Å². The number of hydrogen-bond acceptors (Lipinski definition) is 7. The molecule has 0 aromatic carbocycles.